The van der Waals surface area contributed by atoms with E-state index >= 15 is 0 Å². The number of rotatable bonds is 6. The zero-order valence-electron chi connectivity index (χ0n) is 13.7. The van der Waals surface area contributed by atoms with Gasteiger partial charge in [-0.25, -0.2) is 0 Å². The van der Waals surface area contributed by atoms with Crippen molar-refractivity contribution < 1.29 is 19.8 Å². The van der Waals surface area contributed by atoms with Crippen LogP contribution in [0.15, 0.2) is 54.6 Å². The Morgan fingerprint density at radius 3 is 2.54 bits per heavy atom. The van der Waals surface area contributed by atoms with Gasteiger partial charge in [-0.3, -0.25) is 9.59 Å². The number of aliphatic carboxylic acids is 1. The summed E-state index contributed by atoms with van der Waals surface area (Å²) in [7, 11) is 0. The molecule has 0 radical (unpaired) electrons. The molecule has 0 saturated heterocycles. The SMILES string of the molecule is O=C(O)CC[C@](O)(NC(=O)c1cc2cc(Cl)ccc2[nH]1)c1ccccc1. The molecule has 134 valence electrons. The minimum Gasteiger partial charge on any atom is -0.481 e. The summed E-state index contributed by atoms with van der Waals surface area (Å²) in [6.45, 7) is 0. The number of nitrogens with one attached hydrogen (secondary N) is 2. The number of halogens is 1. The summed E-state index contributed by atoms with van der Waals surface area (Å²) in [5, 5.41) is 23.8. The first-order chi connectivity index (χ1) is 12.4. The molecule has 1 atom stereocenters. The van der Waals surface area contributed by atoms with Gasteiger partial charge in [0.15, 0.2) is 5.72 Å². The molecule has 4 N–H and O–H groups in total. The number of carbonyl (C=O) groups excluding carboxylic acids is 1. The molecule has 0 aliphatic rings. The van der Waals surface area contributed by atoms with Crippen molar-refractivity contribution in [2.24, 2.45) is 0 Å². The summed E-state index contributed by atoms with van der Waals surface area (Å²) in [6.07, 6.45) is -0.460. The topological polar surface area (TPSA) is 102 Å². The Morgan fingerprint density at radius 1 is 1.12 bits per heavy atom. The lowest BCUT2D eigenvalue weighted by atomic mass is 9.97. The van der Waals surface area contributed by atoms with Crippen LogP contribution in [0.2, 0.25) is 5.02 Å². The maximum atomic E-state index is 12.7. The smallest absolute Gasteiger partial charge is 0.303 e. The van der Waals surface area contributed by atoms with E-state index in [1.165, 1.54) is 0 Å². The molecule has 1 amide bonds. The van der Waals surface area contributed by atoms with Gasteiger partial charge in [0.05, 0.1) is 6.42 Å². The Bertz CT molecular complexity index is 955. The molecule has 2 aromatic carbocycles. The summed E-state index contributed by atoms with van der Waals surface area (Å²) in [6, 6.07) is 15.2. The Hall–Kier alpha value is -2.83. The van der Waals surface area contributed by atoms with Crippen LogP contribution in [0.25, 0.3) is 10.9 Å². The van der Waals surface area contributed by atoms with Gasteiger partial charge in [-0.15, -0.1) is 0 Å². The molecule has 0 saturated carbocycles. The van der Waals surface area contributed by atoms with Crippen LogP contribution < -0.4 is 5.32 Å². The molecule has 0 bridgehead atoms. The third-order valence-corrected chi connectivity index (χ3v) is 4.33. The monoisotopic (exact) mass is 372 g/mol. The van der Waals surface area contributed by atoms with E-state index in [4.69, 9.17) is 16.7 Å². The standard InChI is InChI=1S/C19H17ClN2O4/c20-14-6-7-15-12(10-14)11-16(21-15)18(25)22-19(26,9-8-17(23)24)13-4-2-1-3-5-13/h1-7,10-11,21,26H,8-9H2,(H,22,25)(H,23,24)/t19-/m1/s1. The van der Waals surface area contributed by atoms with Crippen molar-refractivity contribution >= 4 is 34.4 Å². The second-order valence-corrected chi connectivity index (χ2v) is 6.43. The number of carboxylic acids is 1. The van der Waals surface area contributed by atoms with Gasteiger partial charge in [-0.2, -0.15) is 0 Å². The van der Waals surface area contributed by atoms with E-state index in [1.807, 2.05) is 0 Å². The number of amides is 1. The second-order valence-electron chi connectivity index (χ2n) is 5.99. The molecule has 1 heterocycles. The maximum Gasteiger partial charge on any atom is 0.303 e. The Morgan fingerprint density at radius 2 is 1.85 bits per heavy atom. The highest BCUT2D eigenvalue weighted by molar-refractivity contribution is 6.31. The highest BCUT2D eigenvalue weighted by atomic mass is 35.5. The zero-order chi connectivity index (χ0) is 18.7. The molecule has 3 rings (SSSR count). The number of hydrogen-bond acceptors (Lipinski definition) is 3. The average Bonchev–Trinajstić information content (AvgIpc) is 3.04. The minimum absolute atomic E-state index is 0.163. The van der Waals surface area contributed by atoms with Gasteiger partial charge >= 0.3 is 5.97 Å². The van der Waals surface area contributed by atoms with Gasteiger partial charge in [0.25, 0.3) is 5.91 Å². The van der Waals surface area contributed by atoms with Gasteiger partial charge in [0.2, 0.25) is 0 Å². The van der Waals surface area contributed by atoms with Crippen LogP contribution in [0.4, 0.5) is 0 Å². The number of carbonyl (C=O) groups is 2. The van der Waals surface area contributed by atoms with E-state index in [1.54, 1.807) is 54.6 Å². The lowest BCUT2D eigenvalue weighted by molar-refractivity contribution is -0.139. The van der Waals surface area contributed by atoms with Crippen molar-refractivity contribution in [3.05, 3.63) is 70.9 Å². The predicted octanol–water partition coefficient (Wildman–Crippen LogP) is 3.26. The number of carboxylic acid groups (broad SMARTS) is 1. The van der Waals surface area contributed by atoms with Crippen LogP contribution in [0, 0.1) is 0 Å². The number of aliphatic hydroxyl groups is 1. The first kappa shape index (κ1) is 18.0. The molecule has 0 aliphatic carbocycles. The highest BCUT2D eigenvalue weighted by Gasteiger charge is 2.32. The Labute approximate surface area is 154 Å². The third kappa shape index (κ3) is 3.87. The van der Waals surface area contributed by atoms with E-state index < -0.39 is 17.6 Å². The van der Waals surface area contributed by atoms with Crippen molar-refractivity contribution in [1.82, 2.24) is 10.3 Å². The molecule has 0 spiro atoms. The second kappa shape index (κ2) is 7.19. The molecule has 26 heavy (non-hydrogen) atoms. The molecular formula is C19H17ClN2O4. The van der Waals surface area contributed by atoms with Crippen molar-refractivity contribution in [2.75, 3.05) is 0 Å². The predicted molar refractivity (Wildman–Crippen MR) is 98.0 cm³/mol. The lowest BCUT2D eigenvalue weighted by Crippen LogP contribution is -2.46. The number of hydrogen-bond donors (Lipinski definition) is 4. The summed E-state index contributed by atoms with van der Waals surface area (Å²) >= 11 is 5.95. The average molecular weight is 373 g/mol. The summed E-state index contributed by atoms with van der Waals surface area (Å²) in [5.74, 6) is -1.61. The molecule has 0 unspecified atom stereocenters. The van der Waals surface area contributed by atoms with E-state index in [2.05, 4.69) is 10.3 Å². The first-order valence-electron chi connectivity index (χ1n) is 7.98. The largest absolute Gasteiger partial charge is 0.481 e. The summed E-state index contributed by atoms with van der Waals surface area (Å²) in [5.41, 5.74) is -0.417. The number of aromatic amines is 1. The van der Waals surface area contributed by atoms with Gasteiger partial charge in [0.1, 0.15) is 5.69 Å². The van der Waals surface area contributed by atoms with E-state index in [9.17, 15) is 14.7 Å². The van der Waals surface area contributed by atoms with E-state index in [0.717, 1.165) is 10.9 Å². The molecule has 7 heteroatoms. The van der Waals surface area contributed by atoms with Crippen LogP contribution in [-0.4, -0.2) is 27.1 Å². The quantitative estimate of drug-likeness (QED) is 0.499. The number of aromatic nitrogens is 1. The Kier molecular flexibility index (Phi) is 4.97. The molecule has 1 aromatic heterocycles. The van der Waals surface area contributed by atoms with Crippen molar-refractivity contribution in [3.8, 4) is 0 Å². The normalized spacial score (nSPS) is 13.3. The van der Waals surface area contributed by atoms with Crippen LogP contribution >= 0.6 is 11.6 Å². The third-order valence-electron chi connectivity index (χ3n) is 4.10. The number of fused-ring (bicyclic) bond motifs is 1. The van der Waals surface area contributed by atoms with Gasteiger partial charge in [0, 0.05) is 27.9 Å². The molecule has 3 aromatic rings. The maximum absolute atomic E-state index is 12.7. The lowest BCUT2D eigenvalue weighted by Gasteiger charge is -2.29. The summed E-state index contributed by atoms with van der Waals surface area (Å²) in [4.78, 5) is 26.6. The Balaban J connectivity index is 1.89. The van der Waals surface area contributed by atoms with Crippen LogP contribution in [0.3, 0.4) is 0 Å². The van der Waals surface area contributed by atoms with Gasteiger partial charge in [-0.1, -0.05) is 41.9 Å². The molecule has 0 fully saturated rings. The van der Waals surface area contributed by atoms with Crippen LogP contribution in [0.5, 0.6) is 0 Å². The fourth-order valence-corrected chi connectivity index (χ4v) is 2.94. The fraction of sp³-hybridized carbons (Fsp3) is 0.158. The minimum atomic E-state index is -1.80. The van der Waals surface area contributed by atoms with Gasteiger partial charge in [-0.05, 0) is 24.3 Å². The summed E-state index contributed by atoms with van der Waals surface area (Å²) < 4.78 is 0. The van der Waals surface area contributed by atoms with Crippen molar-refractivity contribution in [1.29, 1.82) is 0 Å². The first-order valence-corrected chi connectivity index (χ1v) is 8.36. The fourth-order valence-electron chi connectivity index (χ4n) is 2.76. The van der Waals surface area contributed by atoms with E-state index in [0.29, 0.717) is 10.6 Å². The van der Waals surface area contributed by atoms with Crippen molar-refractivity contribution in [2.45, 2.75) is 18.6 Å². The van der Waals surface area contributed by atoms with Crippen LogP contribution in [0.1, 0.15) is 28.9 Å². The number of H-pyrrole nitrogens is 1. The molecule has 6 nitrogen and oxygen atoms in total. The van der Waals surface area contributed by atoms with E-state index in [-0.39, 0.29) is 18.5 Å². The zero-order valence-corrected chi connectivity index (χ0v) is 14.5. The highest BCUT2D eigenvalue weighted by Crippen LogP contribution is 2.25. The van der Waals surface area contributed by atoms with Crippen molar-refractivity contribution in [3.63, 3.8) is 0 Å². The molecule has 0 aliphatic heterocycles. The molecular weight excluding hydrogens is 356 g/mol. The van der Waals surface area contributed by atoms with Gasteiger partial charge < -0.3 is 20.5 Å². The van der Waals surface area contributed by atoms with Crippen LogP contribution in [-0.2, 0) is 10.5 Å². The number of benzene rings is 2.